The lowest BCUT2D eigenvalue weighted by molar-refractivity contribution is 0.0530. The van der Waals surface area contributed by atoms with Crippen LogP contribution in [0.2, 0.25) is 0 Å². The van der Waals surface area contributed by atoms with Crippen molar-refractivity contribution in [3.8, 4) is 5.75 Å². The summed E-state index contributed by atoms with van der Waals surface area (Å²) < 4.78 is 32.3. The summed E-state index contributed by atoms with van der Waals surface area (Å²) in [5.74, 6) is 0.744. The maximum Gasteiger partial charge on any atom is 0.474 e. The molecular formula is C15H23O7PS2. The number of benzene rings is 1. The van der Waals surface area contributed by atoms with E-state index in [1.165, 1.54) is 33.7 Å². The number of phenolic OH excluding ortho intramolecular Hbond substituents is 1. The predicted octanol–water partition coefficient (Wildman–Crippen LogP) is 4.13. The minimum Gasteiger partial charge on any atom is -0.508 e. The lowest BCUT2D eigenvalue weighted by atomic mass is 10.2. The zero-order valence-corrected chi connectivity index (χ0v) is 16.7. The van der Waals surface area contributed by atoms with Crippen LogP contribution in [0.4, 0.5) is 0 Å². The van der Waals surface area contributed by atoms with Crippen LogP contribution >= 0.6 is 29.4 Å². The fourth-order valence-corrected chi connectivity index (χ4v) is 4.56. The molecular weight excluding hydrogens is 387 g/mol. The molecule has 1 rings (SSSR count). The smallest absolute Gasteiger partial charge is 0.474 e. The first-order chi connectivity index (χ1) is 12.0. The molecule has 0 aliphatic rings. The number of carbonyl (C=O) groups is 1. The van der Waals surface area contributed by atoms with Crippen LogP contribution in [0.1, 0.15) is 24.2 Å². The van der Waals surface area contributed by atoms with E-state index in [9.17, 15) is 14.5 Å². The number of esters is 1. The van der Waals surface area contributed by atoms with Crippen molar-refractivity contribution in [2.24, 2.45) is 0 Å². The first-order valence-corrected chi connectivity index (χ1v) is 11.7. The Morgan fingerprint density at radius 2 is 1.72 bits per heavy atom. The standard InChI is InChI=1S/C15H23O7PS2/c1-3-20-23(18,21-4-2)22-9-11-25-24-10-8-19-15(17)13-6-5-7-14(16)12-13/h5-7,12,16H,3-4,8-11H2,1-2H3. The summed E-state index contributed by atoms with van der Waals surface area (Å²) in [5, 5.41) is 9.31. The molecule has 25 heavy (non-hydrogen) atoms. The molecule has 0 fully saturated rings. The van der Waals surface area contributed by atoms with Gasteiger partial charge in [0.1, 0.15) is 12.4 Å². The van der Waals surface area contributed by atoms with Crippen molar-refractivity contribution >= 4 is 35.4 Å². The molecule has 0 unspecified atom stereocenters. The first kappa shape index (κ1) is 22.3. The minimum absolute atomic E-state index is 0.0239. The van der Waals surface area contributed by atoms with Gasteiger partial charge < -0.3 is 9.84 Å². The van der Waals surface area contributed by atoms with Crippen LogP contribution in [0.3, 0.4) is 0 Å². The van der Waals surface area contributed by atoms with Gasteiger partial charge in [0.15, 0.2) is 0 Å². The number of rotatable bonds is 13. The second-order valence-electron chi connectivity index (χ2n) is 4.45. The Hall–Kier alpha value is -0.700. The summed E-state index contributed by atoms with van der Waals surface area (Å²) in [7, 11) is -0.427. The van der Waals surface area contributed by atoms with Gasteiger partial charge in [-0.3, -0.25) is 13.6 Å². The van der Waals surface area contributed by atoms with E-state index in [0.29, 0.717) is 17.1 Å². The van der Waals surface area contributed by atoms with Crippen molar-refractivity contribution in [1.29, 1.82) is 0 Å². The Bertz CT molecular complexity index is 561. The molecule has 1 aromatic rings. The maximum atomic E-state index is 12.0. The van der Waals surface area contributed by atoms with Gasteiger partial charge in [0.2, 0.25) is 0 Å². The number of phosphoric ester groups is 1. The van der Waals surface area contributed by atoms with E-state index in [2.05, 4.69) is 0 Å². The van der Waals surface area contributed by atoms with Crippen LogP contribution in [-0.2, 0) is 22.9 Å². The van der Waals surface area contributed by atoms with Gasteiger partial charge in [-0.15, -0.1) is 0 Å². The van der Waals surface area contributed by atoms with E-state index >= 15 is 0 Å². The molecule has 1 N–H and O–H groups in total. The molecule has 0 atom stereocenters. The third kappa shape index (κ3) is 9.53. The number of hydrogen-bond acceptors (Lipinski definition) is 9. The zero-order chi connectivity index (χ0) is 18.5. The van der Waals surface area contributed by atoms with E-state index in [1.807, 2.05) is 0 Å². The number of carbonyl (C=O) groups excluding carboxylic acids is 1. The molecule has 0 amide bonds. The molecule has 10 heteroatoms. The van der Waals surface area contributed by atoms with Crippen LogP contribution in [0.15, 0.2) is 24.3 Å². The van der Waals surface area contributed by atoms with Crippen LogP contribution in [-0.4, -0.2) is 49.0 Å². The first-order valence-electron chi connectivity index (χ1n) is 7.75. The molecule has 0 bridgehead atoms. The van der Waals surface area contributed by atoms with Gasteiger partial charge in [0.25, 0.3) is 0 Å². The van der Waals surface area contributed by atoms with E-state index in [-0.39, 0.29) is 32.2 Å². The minimum atomic E-state index is -3.44. The Labute approximate surface area is 155 Å². The highest BCUT2D eigenvalue weighted by atomic mass is 33.1. The van der Waals surface area contributed by atoms with Crippen molar-refractivity contribution in [3.63, 3.8) is 0 Å². The van der Waals surface area contributed by atoms with Gasteiger partial charge in [0.05, 0.1) is 25.4 Å². The molecule has 7 nitrogen and oxygen atoms in total. The molecule has 0 spiro atoms. The van der Waals surface area contributed by atoms with Crippen molar-refractivity contribution < 1.29 is 32.8 Å². The Balaban J connectivity index is 2.10. The summed E-state index contributed by atoms with van der Waals surface area (Å²) in [6.07, 6.45) is 0. The highest BCUT2D eigenvalue weighted by Gasteiger charge is 2.24. The van der Waals surface area contributed by atoms with E-state index in [0.717, 1.165) is 0 Å². The third-order valence-corrected chi connectivity index (χ3v) is 6.54. The van der Waals surface area contributed by atoms with E-state index < -0.39 is 13.8 Å². The van der Waals surface area contributed by atoms with Crippen molar-refractivity contribution in [2.75, 3.05) is 37.9 Å². The number of aromatic hydroxyl groups is 1. The molecule has 0 aliphatic heterocycles. The van der Waals surface area contributed by atoms with E-state index in [4.69, 9.17) is 18.3 Å². The normalized spacial score (nSPS) is 11.4. The second kappa shape index (κ2) is 12.6. The summed E-state index contributed by atoms with van der Waals surface area (Å²) in [5.41, 5.74) is 0.314. The van der Waals surface area contributed by atoms with Crippen LogP contribution in [0, 0.1) is 0 Å². The molecule has 0 heterocycles. The summed E-state index contributed by atoms with van der Waals surface area (Å²) in [6.45, 7) is 4.43. The average Bonchev–Trinajstić information content (AvgIpc) is 2.57. The SMILES string of the molecule is CCOP(=O)(OCC)OCCSSCCOC(=O)c1cccc(O)c1. The molecule has 0 aromatic heterocycles. The number of ether oxygens (including phenoxy) is 1. The molecule has 0 saturated carbocycles. The molecule has 0 radical (unpaired) electrons. The third-order valence-electron chi connectivity index (χ3n) is 2.56. The number of phosphoric acid groups is 1. The monoisotopic (exact) mass is 410 g/mol. The van der Waals surface area contributed by atoms with E-state index in [1.54, 1.807) is 26.0 Å². The zero-order valence-electron chi connectivity index (χ0n) is 14.2. The van der Waals surface area contributed by atoms with Gasteiger partial charge in [0, 0.05) is 11.5 Å². The Kier molecular flexibility index (Phi) is 11.3. The van der Waals surface area contributed by atoms with Gasteiger partial charge >= 0.3 is 13.8 Å². The lowest BCUT2D eigenvalue weighted by Gasteiger charge is -2.15. The predicted molar refractivity (Wildman–Crippen MR) is 100 cm³/mol. The highest BCUT2D eigenvalue weighted by molar-refractivity contribution is 8.76. The van der Waals surface area contributed by atoms with Gasteiger partial charge in [-0.1, -0.05) is 27.7 Å². The Morgan fingerprint density at radius 1 is 1.08 bits per heavy atom. The second-order valence-corrected chi connectivity index (χ2v) is 8.82. The molecule has 1 aromatic carbocycles. The van der Waals surface area contributed by atoms with Crippen LogP contribution in [0.25, 0.3) is 0 Å². The van der Waals surface area contributed by atoms with Gasteiger partial charge in [-0.25, -0.2) is 9.36 Å². The van der Waals surface area contributed by atoms with Crippen molar-refractivity contribution in [1.82, 2.24) is 0 Å². The Morgan fingerprint density at radius 3 is 2.32 bits per heavy atom. The fourth-order valence-electron chi connectivity index (χ4n) is 1.61. The average molecular weight is 410 g/mol. The van der Waals surface area contributed by atoms with Crippen LogP contribution in [0.5, 0.6) is 5.75 Å². The highest BCUT2D eigenvalue weighted by Crippen LogP contribution is 2.49. The number of hydrogen-bond donors (Lipinski definition) is 1. The quantitative estimate of drug-likeness (QED) is 0.223. The van der Waals surface area contributed by atoms with Crippen LogP contribution < -0.4 is 0 Å². The molecule has 142 valence electrons. The fraction of sp³-hybridized carbons (Fsp3) is 0.533. The maximum absolute atomic E-state index is 12.0. The lowest BCUT2D eigenvalue weighted by Crippen LogP contribution is -2.07. The summed E-state index contributed by atoms with van der Waals surface area (Å²) in [6, 6.07) is 6.01. The van der Waals surface area contributed by atoms with Gasteiger partial charge in [-0.2, -0.15) is 0 Å². The van der Waals surface area contributed by atoms with Crippen molar-refractivity contribution in [3.05, 3.63) is 29.8 Å². The van der Waals surface area contributed by atoms with Crippen molar-refractivity contribution in [2.45, 2.75) is 13.8 Å². The largest absolute Gasteiger partial charge is 0.508 e. The summed E-state index contributed by atoms with van der Waals surface area (Å²) in [4.78, 5) is 11.7. The number of phenols is 1. The molecule has 0 saturated heterocycles. The summed E-state index contributed by atoms with van der Waals surface area (Å²) >= 11 is 0. The molecule has 0 aliphatic carbocycles. The topological polar surface area (TPSA) is 91.3 Å². The van der Waals surface area contributed by atoms with Gasteiger partial charge in [-0.05, 0) is 32.0 Å².